The first-order chi connectivity index (χ1) is 13.9. The summed E-state index contributed by atoms with van der Waals surface area (Å²) < 4.78 is 5.53. The van der Waals surface area contributed by atoms with Crippen LogP contribution in [0.2, 0.25) is 0 Å². The molecule has 3 fully saturated rings. The molecule has 0 N–H and O–H groups in total. The van der Waals surface area contributed by atoms with Gasteiger partial charge in [-0.25, -0.2) is 4.79 Å². The Labute approximate surface area is 169 Å². The maximum atomic E-state index is 12.9. The molecule has 2 aromatic carbocycles. The van der Waals surface area contributed by atoms with Gasteiger partial charge in [0.25, 0.3) is 0 Å². The quantitative estimate of drug-likeness (QED) is 0.451. The van der Waals surface area contributed by atoms with Crippen LogP contribution < -0.4 is 9.64 Å². The number of amides is 2. The first kappa shape index (κ1) is 18.1. The lowest BCUT2D eigenvalue weighted by atomic mass is 9.81. The molecule has 1 aliphatic heterocycles. The lowest BCUT2D eigenvalue weighted by molar-refractivity contribution is -0.123. The molecule has 5 heteroatoms. The molecule has 2 amide bonds. The van der Waals surface area contributed by atoms with Crippen molar-refractivity contribution in [3.8, 4) is 5.75 Å². The number of aryl methyl sites for hydroxylation is 2. The van der Waals surface area contributed by atoms with Gasteiger partial charge < -0.3 is 4.74 Å². The van der Waals surface area contributed by atoms with Crippen LogP contribution >= 0.6 is 0 Å². The van der Waals surface area contributed by atoms with E-state index in [2.05, 4.69) is 0 Å². The Kier molecular flexibility index (Phi) is 4.09. The van der Waals surface area contributed by atoms with Crippen LogP contribution in [0.4, 0.5) is 5.69 Å². The van der Waals surface area contributed by atoms with Gasteiger partial charge in [0.15, 0.2) is 0 Å². The van der Waals surface area contributed by atoms with Crippen molar-refractivity contribution in [2.45, 2.75) is 33.1 Å². The highest BCUT2D eigenvalue weighted by atomic mass is 16.5. The van der Waals surface area contributed by atoms with Crippen LogP contribution in [-0.2, 0) is 9.59 Å². The van der Waals surface area contributed by atoms with E-state index in [1.807, 2.05) is 32.0 Å². The summed E-state index contributed by atoms with van der Waals surface area (Å²) in [5, 5.41) is 0. The second-order valence-electron chi connectivity index (χ2n) is 8.60. The Balaban J connectivity index is 1.35. The van der Waals surface area contributed by atoms with E-state index in [9.17, 15) is 14.4 Å². The molecule has 5 nitrogen and oxygen atoms in total. The summed E-state index contributed by atoms with van der Waals surface area (Å²) in [6, 6.07) is 12.3. The number of anilines is 1. The zero-order chi connectivity index (χ0) is 20.3. The van der Waals surface area contributed by atoms with Crippen molar-refractivity contribution in [1.29, 1.82) is 0 Å². The number of hydrogen-bond donors (Lipinski definition) is 0. The summed E-state index contributed by atoms with van der Waals surface area (Å²) in [6.45, 7) is 3.83. The Hall–Kier alpha value is -2.95. The number of benzene rings is 2. The van der Waals surface area contributed by atoms with Gasteiger partial charge in [0.2, 0.25) is 11.8 Å². The van der Waals surface area contributed by atoms with Crippen molar-refractivity contribution in [2.75, 3.05) is 4.90 Å². The third-order valence-electron chi connectivity index (χ3n) is 6.83. The van der Waals surface area contributed by atoms with E-state index in [0.29, 0.717) is 28.8 Å². The number of rotatable bonds is 3. The van der Waals surface area contributed by atoms with Gasteiger partial charge >= 0.3 is 5.97 Å². The maximum Gasteiger partial charge on any atom is 0.343 e. The van der Waals surface area contributed by atoms with E-state index in [1.165, 1.54) is 4.90 Å². The normalized spacial score (nSPS) is 27.4. The van der Waals surface area contributed by atoms with E-state index in [-0.39, 0.29) is 23.7 Å². The van der Waals surface area contributed by atoms with Gasteiger partial charge in [-0.3, -0.25) is 14.5 Å². The van der Waals surface area contributed by atoms with E-state index in [4.69, 9.17) is 4.74 Å². The fourth-order valence-corrected chi connectivity index (χ4v) is 5.39. The Morgan fingerprint density at radius 3 is 2.17 bits per heavy atom. The SMILES string of the molecule is Cc1ccc(C)c(OC(=O)c2ccc(N3C(=O)C4C5CCC(C5)C4C3=O)cc2)c1. The first-order valence-corrected chi connectivity index (χ1v) is 10.2. The highest BCUT2D eigenvalue weighted by molar-refractivity contribution is 6.22. The minimum absolute atomic E-state index is 0.0714. The Morgan fingerprint density at radius 1 is 0.931 bits per heavy atom. The molecule has 148 valence electrons. The standard InChI is InChI=1S/C24H23NO4/c1-13-3-4-14(2)19(11-13)29-24(28)15-7-9-18(10-8-15)25-22(26)20-16-5-6-17(12-16)21(20)23(25)27/h3-4,7-11,16-17,20-21H,5-6,12H2,1-2H3. The van der Waals surface area contributed by atoms with Gasteiger partial charge in [-0.2, -0.15) is 0 Å². The number of carbonyl (C=O) groups excluding carboxylic acids is 3. The van der Waals surface area contributed by atoms with E-state index in [1.54, 1.807) is 24.3 Å². The predicted octanol–water partition coefficient (Wildman–Crippen LogP) is 4.06. The largest absolute Gasteiger partial charge is 0.423 e. The predicted molar refractivity (Wildman–Crippen MR) is 108 cm³/mol. The molecule has 2 saturated carbocycles. The number of imide groups is 1. The average Bonchev–Trinajstić information content (AvgIpc) is 3.39. The monoisotopic (exact) mass is 389 g/mol. The van der Waals surface area contributed by atoms with Crippen LogP contribution in [0.5, 0.6) is 5.75 Å². The van der Waals surface area contributed by atoms with Crippen LogP contribution in [0, 0.1) is 37.5 Å². The summed E-state index contributed by atoms with van der Waals surface area (Å²) in [6.07, 6.45) is 3.13. The summed E-state index contributed by atoms with van der Waals surface area (Å²) in [4.78, 5) is 39.7. The van der Waals surface area contributed by atoms with Gasteiger partial charge in [-0.1, -0.05) is 12.1 Å². The zero-order valence-corrected chi connectivity index (χ0v) is 16.6. The van der Waals surface area contributed by atoms with Crippen LogP contribution in [0.3, 0.4) is 0 Å². The van der Waals surface area contributed by atoms with Crippen molar-refractivity contribution in [1.82, 2.24) is 0 Å². The van der Waals surface area contributed by atoms with E-state index in [0.717, 1.165) is 30.4 Å². The molecule has 3 aliphatic rings. The van der Waals surface area contributed by atoms with Gasteiger partial charge in [-0.05, 0) is 86.4 Å². The number of carbonyl (C=O) groups is 3. The van der Waals surface area contributed by atoms with Crippen molar-refractivity contribution >= 4 is 23.5 Å². The van der Waals surface area contributed by atoms with Gasteiger partial charge in [0.05, 0.1) is 23.1 Å². The summed E-state index contributed by atoms with van der Waals surface area (Å²) >= 11 is 0. The van der Waals surface area contributed by atoms with Gasteiger partial charge in [-0.15, -0.1) is 0 Å². The molecule has 2 aliphatic carbocycles. The van der Waals surface area contributed by atoms with Crippen molar-refractivity contribution < 1.29 is 19.1 Å². The van der Waals surface area contributed by atoms with E-state index < -0.39 is 5.97 Å². The maximum absolute atomic E-state index is 12.9. The van der Waals surface area contributed by atoms with Gasteiger partial charge in [0, 0.05) is 0 Å². The fraction of sp³-hybridized carbons (Fsp3) is 0.375. The highest BCUT2D eigenvalue weighted by Gasteiger charge is 2.61. The molecule has 0 radical (unpaired) electrons. The Morgan fingerprint density at radius 2 is 1.55 bits per heavy atom. The van der Waals surface area contributed by atoms with Crippen LogP contribution in [0.15, 0.2) is 42.5 Å². The van der Waals surface area contributed by atoms with E-state index >= 15 is 0 Å². The molecule has 2 aromatic rings. The topological polar surface area (TPSA) is 63.7 Å². The number of hydrogen-bond acceptors (Lipinski definition) is 4. The third kappa shape index (κ3) is 2.79. The molecule has 4 atom stereocenters. The van der Waals surface area contributed by atoms with Crippen molar-refractivity contribution in [3.63, 3.8) is 0 Å². The number of fused-ring (bicyclic) bond motifs is 5. The number of esters is 1. The average molecular weight is 389 g/mol. The second-order valence-corrected chi connectivity index (χ2v) is 8.60. The summed E-state index contributed by atoms with van der Waals surface area (Å²) in [5.74, 6) is 0.365. The van der Waals surface area contributed by atoms with Gasteiger partial charge in [0.1, 0.15) is 5.75 Å². The van der Waals surface area contributed by atoms with Crippen molar-refractivity contribution in [3.05, 3.63) is 59.2 Å². The zero-order valence-electron chi connectivity index (χ0n) is 16.6. The lowest BCUT2D eigenvalue weighted by Crippen LogP contribution is -2.32. The molecule has 1 heterocycles. The molecule has 29 heavy (non-hydrogen) atoms. The fourth-order valence-electron chi connectivity index (χ4n) is 5.39. The van der Waals surface area contributed by atoms with Crippen molar-refractivity contribution in [2.24, 2.45) is 23.7 Å². The molecular formula is C24H23NO4. The molecule has 2 bridgehead atoms. The number of ether oxygens (including phenoxy) is 1. The number of nitrogens with zero attached hydrogens (tertiary/aromatic N) is 1. The third-order valence-corrected chi connectivity index (χ3v) is 6.83. The minimum atomic E-state index is -0.459. The smallest absolute Gasteiger partial charge is 0.343 e. The lowest BCUT2D eigenvalue weighted by Gasteiger charge is -2.19. The second kappa shape index (κ2) is 6.55. The minimum Gasteiger partial charge on any atom is -0.423 e. The molecule has 4 unspecified atom stereocenters. The molecule has 0 spiro atoms. The van der Waals surface area contributed by atoms with Crippen LogP contribution in [-0.4, -0.2) is 17.8 Å². The molecule has 1 saturated heterocycles. The molecular weight excluding hydrogens is 366 g/mol. The summed E-state index contributed by atoms with van der Waals surface area (Å²) in [7, 11) is 0. The Bertz CT molecular complexity index is 998. The first-order valence-electron chi connectivity index (χ1n) is 10.2. The summed E-state index contributed by atoms with van der Waals surface area (Å²) in [5.41, 5.74) is 2.82. The molecule has 0 aromatic heterocycles. The van der Waals surface area contributed by atoms with Crippen LogP contribution in [0.25, 0.3) is 0 Å². The molecule has 5 rings (SSSR count). The highest BCUT2D eigenvalue weighted by Crippen LogP contribution is 2.56. The van der Waals surface area contributed by atoms with Crippen LogP contribution in [0.1, 0.15) is 40.7 Å².